The molecule has 1 heterocycles. The third kappa shape index (κ3) is 6.26. The smallest absolute Gasteiger partial charge is 0.257 e. The van der Waals surface area contributed by atoms with E-state index in [4.69, 9.17) is 23.2 Å². The third-order valence-corrected chi connectivity index (χ3v) is 4.34. The zero-order valence-electron chi connectivity index (χ0n) is 14.4. The first-order valence-corrected chi connectivity index (χ1v) is 8.89. The van der Waals surface area contributed by atoms with Crippen LogP contribution in [0.5, 0.6) is 0 Å². The van der Waals surface area contributed by atoms with Gasteiger partial charge in [-0.3, -0.25) is 4.79 Å². The number of nitrogens with one attached hydrogen (secondary N) is 2. The van der Waals surface area contributed by atoms with Crippen LogP contribution in [0.2, 0.25) is 10.0 Å². The lowest BCUT2D eigenvalue weighted by Gasteiger charge is -2.10. The van der Waals surface area contributed by atoms with Crippen molar-refractivity contribution in [2.75, 3.05) is 11.9 Å². The lowest BCUT2D eigenvalue weighted by Crippen LogP contribution is -2.19. The van der Waals surface area contributed by atoms with Gasteiger partial charge in [0.2, 0.25) is 0 Å². The lowest BCUT2D eigenvalue weighted by atomic mass is 10.1. The summed E-state index contributed by atoms with van der Waals surface area (Å²) in [5.41, 5.74) is 2.19. The molecule has 0 aliphatic carbocycles. The summed E-state index contributed by atoms with van der Waals surface area (Å²) in [7, 11) is 0. The van der Waals surface area contributed by atoms with Crippen LogP contribution in [-0.4, -0.2) is 22.0 Å². The Hall–Kier alpha value is -2.05. The monoisotopic (exact) mass is 424 g/mol. The van der Waals surface area contributed by atoms with E-state index in [9.17, 15) is 4.79 Å². The Kier molecular flexibility index (Phi) is 8.13. The molecule has 1 aromatic heterocycles. The van der Waals surface area contributed by atoms with E-state index in [1.54, 1.807) is 30.7 Å². The number of nitrogens with zero attached hydrogens (tertiary/aromatic N) is 2. The molecule has 0 unspecified atom stereocenters. The zero-order valence-corrected chi connectivity index (χ0v) is 16.7. The van der Waals surface area contributed by atoms with E-state index in [0.29, 0.717) is 22.2 Å². The number of aromatic nitrogens is 2. The first-order valence-electron chi connectivity index (χ1n) is 8.13. The Morgan fingerprint density at radius 1 is 1.15 bits per heavy atom. The summed E-state index contributed by atoms with van der Waals surface area (Å²) < 4.78 is 2.01. The molecule has 0 saturated carbocycles. The van der Waals surface area contributed by atoms with E-state index >= 15 is 0 Å². The maximum Gasteiger partial charge on any atom is 0.257 e. The van der Waals surface area contributed by atoms with Crippen LogP contribution in [0.4, 0.5) is 5.69 Å². The lowest BCUT2D eigenvalue weighted by molar-refractivity contribution is 0.102. The fraction of sp³-hybridized carbons (Fsp3) is 0.158. The fourth-order valence-electron chi connectivity index (χ4n) is 2.49. The number of imidazole rings is 1. The second-order valence-electron chi connectivity index (χ2n) is 5.76. The highest BCUT2D eigenvalue weighted by Crippen LogP contribution is 2.22. The van der Waals surface area contributed by atoms with E-state index in [1.165, 1.54) is 0 Å². The topological polar surface area (TPSA) is 59.0 Å². The van der Waals surface area contributed by atoms with Crippen molar-refractivity contribution in [3.05, 3.63) is 82.4 Å². The van der Waals surface area contributed by atoms with Gasteiger partial charge in [0, 0.05) is 42.7 Å². The van der Waals surface area contributed by atoms with Gasteiger partial charge in [0.05, 0.1) is 16.9 Å². The van der Waals surface area contributed by atoms with Crippen molar-refractivity contribution < 1.29 is 4.79 Å². The maximum absolute atomic E-state index is 12.4. The number of halogens is 3. The van der Waals surface area contributed by atoms with Crippen molar-refractivity contribution in [3.8, 4) is 0 Å². The van der Waals surface area contributed by atoms with E-state index in [0.717, 1.165) is 24.3 Å². The van der Waals surface area contributed by atoms with Crippen LogP contribution in [-0.2, 0) is 13.1 Å². The molecule has 1 amide bonds. The van der Waals surface area contributed by atoms with Crippen molar-refractivity contribution in [1.29, 1.82) is 0 Å². The molecule has 5 nitrogen and oxygen atoms in total. The molecule has 0 spiro atoms. The molecule has 27 heavy (non-hydrogen) atoms. The first kappa shape index (κ1) is 21.3. The Morgan fingerprint density at radius 2 is 2.00 bits per heavy atom. The van der Waals surface area contributed by atoms with Crippen LogP contribution >= 0.6 is 35.6 Å². The summed E-state index contributed by atoms with van der Waals surface area (Å²) >= 11 is 12.0. The van der Waals surface area contributed by atoms with Gasteiger partial charge in [0.1, 0.15) is 0 Å². The number of anilines is 1. The average Bonchev–Trinajstić information content (AvgIpc) is 3.12. The SMILES string of the molecule is Cl.O=C(Nc1cccc(CNCCn2ccnc2)c1)c1ccc(Cl)cc1Cl. The summed E-state index contributed by atoms with van der Waals surface area (Å²) in [6, 6.07) is 12.5. The van der Waals surface area contributed by atoms with Crippen molar-refractivity contribution >= 4 is 47.2 Å². The molecule has 2 N–H and O–H groups in total. The Labute approximate surface area is 174 Å². The minimum absolute atomic E-state index is 0. The van der Waals surface area contributed by atoms with Crippen LogP contribution in [0.15, 0.2) is 61.2 Å². The summed E-state index contributed by atoms with van der Waals surface area (Å²) in [6.07, 6.45) is 5.48. The molecule has 0 fully saturated rings. The van der Waals surface area contributed by atoms with Crippen molar-refractivity contribution in [3.63, 3.8) is 0 Å². The van der Waals surface area contributed by atoms with E-state index in [1.807, 2.05) is 35.0 Å². The summed E-state index contributed by atoms with van der Waals surface area (Å²) in [4.78, 5) is 16.4. The van der Waals surface area contributed by atoms with Crippen LogP contribution in [0.1, 0.15) is 15.9 Å². The molecule has 0 atom stereocenters. The predicted molar refractivity (Wildman–Crippen MR) is 112 cm³/mol. The predicted octanol–water partition coefficient (Wildman–Crippen LogP) is 4.65. The molecule has 0 bridgehead atoms. The molecular weight excluding hydrogens is 407 g/mol. The minimum atomic E-state index is -0.267. The molecule has 0 aliphatic heterocycles. The molecular formula is C19H19Cl3N4O. The Balaban J connectivity index is 0.00000261. The maximum atomic E-state index is 12.4. The van der Waals surface area contributed by atoms with Crippen molar-refractivity contribution in [1.82, 2.24) is 14.9 Å². The number of carbonyl (C=O) groups is 1. The molecule has 0 aliphatic rings. The molecule has 2 aromatic carbocycles. The van der Waals surface area contributed by atoms with Crippen LogP contribution in [0, 0.1) is 0 Å². The molecule has 3 rings (SSSR count). The van der Waals surface area contributed by atoms with E-state index < -0.39 is 0 Å². The largest absolute Gasteiger partial charge is 0.336 e. The third-order valence-electron chi connectivity index (χ3n) is 3.80. The highest BCUT2D eigenvalue weighted by molar-refractivity contribution is 6.37. The Bertz CT molecular complexity index is 884. The zero-order chi connectivity index (χ0) is 18.4. The Morgan fingerprint density at radius 3 is 2.74 bits per heavy atom. The standard InChI is InChI=1S/C19H18Cl2N4O.ClH/c20-15-4-5-17(18(21)11-15)19(26)24-16-3-1-2-14(10-16)12-22-6-8-25-9-7-23-13-25;/h1-5,7,9-11,13,22H,6,8,12H2,(H,24,26);1H. The second-order valence-corrected chi connectivity index (χ2v) is 6.60. The molecule has 142 valence electrons. The first-order chi connectivity index (χ1) is 12.6. The van der Waals surface area contributed by atoms with Gasteiger partial charge in [-0.05, 0) is 35.9 Å². The summed E-state index contributed by atoms with van der Waals surface area (Å²) in [6.45, 7) is 2.39. The average molecular weight is 426 g/mol. The number of hydrogen-bond acceptors (Lipinski definition) is 3. The van der Waals surface area contributed by atoms with Crippen LogP contribution in [0.3, 0.4) is 0 Å². The van der Waals surface area contributed by atoms with Gasteiger partial charge in [-0.1, -0.05) is 35.3 Å². The number of rotatable bonds is 7. The number of amides is 1. The normalized spacial score (nSPS) is 10.3. The van der Waals surface area contributed by atoms with Gasteiger partial charge in [0.25, 0.3) is 5.91 Å². The second kappa shape index (κ2) is 10.3. The van der Waals surface area contributed by atoms with E-state index in [2.05, 4.69) is 15.6 Å². The molecule has 3 aromatic rings. The number of carbonyl (C=O) groups excluding carboxylic acids is 1. The highest BCUT2D eigenvalue weighted by atomic mass is 35.5. The number of benzene rings is 2. The van der Waals surface area contributed by atoms with Crippen LogP contribution in [0.25, 0.3) is 0 Å². The quantitative estimate of drug-likeness (QED) is 0.542. The summed E-state index contributed by atoms with van der Waals surface area (Å²) in [5.74, 6) is -0.267. The van der Waals surface area contributed by atoms with Gasteiger partial charge in [-0.2, -0.15) is 0 Å². The van der Waals surface area contributed by atoms with Crippen molar-refractivity contribution in [2.45, 2.75) is 13.1 Å². The van der Waals surface area contributed by atoms with Gasteiger partial charge >= 0.3 is 0 Å². The van der Waals surface area contributed by atoms with Gasteiger partial charge < -0.3 is 15.2 Å². The highest BCUT2D eigenvalue weighted by Gasteiger charge is 2.11. The molecule has 0 saturated heterocycles. The van der Waals surface area contributed by atoms with E-state index in [-0.39, 0.29) is 18.3 Å². The van der Waals surface area contributed by atoms with Gasteiger partial charge in [0.15, 0.2) is 0 Å². The number of hydrogen-bond donors (Lipinski definition) is 2. The van der Waals surface area contributed by atoms with Crippen LogP contribution < -0.4 is 10.6 Å². The summed E-state index contributed by atoms with van der Waals surface area (Å²) in [5, 5.41) is 7.06. The molecule has 0 radical (unpaired) electrons. The van der Waals surface area contributed by atoms with Gasteiger partial charge in [-0.15, -0.1) is 12.4 Å². The molecule has 8 heteroatoms. The fourth-order valence-corrected chi connectivity index (χ4v) is 2.99. The van der Waals surface area contributed by atoms with Gasteiger partial charge in [-0.25, -0.2) is 4.98 Å². The van der Waals surface area contributed by atoms with Crippen molar-refractivity contribution in [2.24, 2.45) is 0 Å². The minimum Gasteiger partial charge on any atom is -0.336 e.